The topological polar surface area (TPSA) is 29.5 Å². The van der Waals surface area contributed by atoms with Gasteiger partial charge in [-0.05, 0) is 48.7 Å². The summed E-state index contributed by atoms with van der Waals surface area (Å²) < 4.78 is 5.86. The highest BCUT2D eigenvalue weighted by molar-refractivity contribution is 6.30. The second-order valence-electron chi connectivity index (χ2n) is 5.34. The SMILES string of the molecule is CC[C@@H](Oc1ccc(Cl)cc1)C(=O)N1CCc2ccccc21. The summed E-state index contributed by atoms with van der Waals surface area (Å²) in [5.74, 6) is 0.680. The van der Waals surface area contributed by atoms with Crippen LogP contribution in [0.3, 0.4) is 0 Å². The summed E-state index contributed by atoms with van der Waals surface area (Å²) in [5, 5.41) is 0.653. The highest BCUT2D eigenvalue weighted by Crippen LogP contribution is 2.29. The van der Waals surface area contributed by atoms with Gasteiger partial charge in [0.05, 0.1) is 0 Å². The largest absolute Gasteiger partial charge is 0.481 e. The lowest BCUT2D eigenvalue weighted by Gasteiger charge is -2.24. The summed E-state index contributed by atoms with van der Waals surface area (Å²) in [6, 6.07) is 15.1. The molecule has 2 aromatic carbocycles. The Labute approximate surface area is 135 Å². The molecule has 1 heterocycles. The van der Waals surface area contributed by atoms with E-state index in [4.69, 9.17) is 16.3 Å². The first-order chi connectivity index (χ1) is 10.7. The normalized spacial score (nSPS) is 14.5. The van der Waals surface area contributed by atoms with E-state index in [1.807, 2.05) is 30.0 Å². The van der Waals surface area contributed by atoms with Crippen molar-refractivity contribution in [2.45, 2.75) is 25.9 Å². The molecule has 2 aromatic rings. The minimum absolute atomic E-state index is 0.0161. The van der Waals surface area contributed by atoms with E-state index in [1.54, 1.807) is 24.3 Å². The van der Waals surface area contributed by atoms with Crippen LogP contribution in [0.15, 0.2) is 48.5 Å². The highest BCUT2D eigenvalue weighted by atomic mass is 35.5. The van der Waals surface area contributed by atoms with Crippen molar-refractivity contribution in [3.8, 4) is 5.75 Å². The maximum absolute atomic E-state index is 12.8. The van der Waals surface area contributed by atoms with Crippen molar-refractivity contribution >= 4 is 23.2 Å². The van der Waals surface area contributed by atoms with Crippen LogP contribution in [0.2, 0.25) is 5.02 Å². The Morgan fingerprint density at radius 2 is 1.95 bits per heavy atom. The molecule has 1 aliphatic heterocycles. The van der Waals surface area contributed by atoms with Gasteiger partial charge in [0.15, 0.2) is 6.10 Å². The standard InChI is InChI=1S/C18H18ClNO2/c1-2-17(22-15-9-7-14(19)8-10-15)18(21)20-12-11-13-5-3-4-6-16(13)20/h3-10,17H,2,11-12H2,1H3/t17-/m1/s1. The smallest absolute Gasteiger partial charge is 0.268 e. The highest BCUT2D eigenvalue weighted by Gasteiger charge is 2.30. The number of benzene rings is 2. The van der Waals surface area contributed by atoms with Crippen LogP contribution in [0.25, 0.3) is 0 Å². The Bertz CT molecular complexity index is 669. The summed E-state index contributed by atoms with van der Waals surface area (Å²) in [7, 11) is 0. The van der Waals surface area contributed by atoms with E-state index in [0.29, 0.717) is 17.2 Å². The molecule has 0 saturated carbocycles. The van der Waals surface area contributed by atoms with Crippen LogP contribution in [0.1, 0.15) is 18.9 Å². The summed E-state index contributed by atoms with van der Waals surface area (Å²) in [5.41, 5.74) is 2.22. The lowest BCUT2D eigenvalue weighted by Crippen LogP contribution is -2.41. The predicted octanol–water partition coefficient (Wildman–Crippen LogP) is 4.09. The minimum atomic E-state index is -0.479. The first-order valence-corrected chi connectivity index (χ1v) is 7.88. The van der Waals surface area contributed by atoms with Gasteiger partial charge < -0.3 is 9.64 Å². The number of rotatable bonds is 4. The third kappa shape index (κ3) is 2.95. The maximum atomic E-state index is 12.8. The number of para-hydroxylation sites is 1. The molecule has 0 aliphatic carbocycles. The summed E-state index contributed by atoms with van der Waals surface area (Å²) in [4.78, 5) is 14.6. The van der Waals surface area contributed by atoms with Crippen molar-refractivity contribution in [2.75, 3.05) is 11.4 Å². The number of anilines is 1. The van der Waals surface area contributed by atoms with E-state index >= 15 is 0 Å². The van der Waals surface area contributed by atoms with Gasteiger partial charge in [0.25, 0.3) is 5.91 Å². The fraction of sp³-hybridized carbons (Fsp3) is 0.278. The number of nitrogens with zero attached hydrogens (tertiary/aromatic N) is 1. The number of amides is 1. The fourth-order valence-electron chi connectivity index (χ4n) is 2.73. The van der Waals surface area contributed by atoms with Crippen molar-refractivity contribution in [1.82, 2.24) is 0 Å². The monoisotopic (exact) mass is 315 g/mol. The zero-order chi connectivity index (χ0) is 15.5. The van der Waals surface area contributed by atoms with Crippen LogP contribution in [0.4, 0.5) is 5.69 Å². The summed E-state index contributed by atoms with van der Waals surface area (Å²) >= 11 is 5.87. The number of halogens is 1. The molecule has 4 heteroatoms. The lowest BCUT2D eigenvalue weighted by molar-refractivity contribution is -0.125. The van der Waals surface area contributed by atoms with Gasteiger partial charge >= 0.3 is 0 Å². The van der Waals surface area contributed by atoms with Crippen LogP contribution in [0, 0.1) is 0 Å². The third-order valence-electron chi connectivity index (χ3n) is 3.89. The Kier molecular flexibility index (Phi) is 4.34. The first kappa shape index (κ1) is 14.9. The second kappa shape index (κ2) is 6.41. The average molecular weight is 316 g/mol. The van der Waals surface area contributed by atoms with E-state index in [2.05, 4.69) is 6.07 Å². The van der Waals surface area contributed by atoms with Gasteiger partial charge in [0.2, 0.25) is 0 Å². The molecular formula is C18H18ClNO2. The molecule has 1 aliphatic rings. The number of ether oxygens (including phenoxy) is 1. The van der Waals surface area contributed by atoms with E-state index in [1.165, 1.54) is 5.56 Å². The quantitative estimate of drug-likeness (QED) is 0.850. The van der Waals surface area contributed by atoms with Gasteiger partial charge in [0, 0.05) is 17.3 Å². The molecule has 0 bridgehead atoms. The molecule has 0 fully saturated rings. The molecule has 3 nitrogen and oxygen atoms in total. The third-order valence-corrected chi connectivity index (χ3v) is 4.14. The first-order valence-electron chi connectivity index (χ1n) is 7.50. The van der Waals surface area contributed by atoms with E-state index in [9.17, 15) is 4.79 Å². The average Bonchev–Trinajstić information content (AvgIpc) is 2.98. The van der Waals surface area contributed by atoms with Crippen LogP contribution < -0.4 is 9.64 Å². The van der Waals surface area contributed by atoms with Gasteiger partial charge in [-0.1, -0.05) is 36.7 Å². The summed E-state index contributed by atoms with van der Waals surface area (Å²) in [6.45, 7) is 2.68. The molecule has 0 spiro atoms. The zero-order valence-corrected chi connectivity index (χ0v) is 13.2. The number of hydrogen-bond donors (Lipinski definition) is 0. The number of carbonyl (C=O) groups excluding carboxylic acids is 1. The van der Waals surface area contributed by atoms with Crippen LogP contribution in [0.5, 0.6) is 5.75 Å². The number of hydrogen-bond acceptors (Lipinski definition) is 2. The van der Waals surface area contributed by atoms with E-state index in [-0.39, 0.29) is 5.91 Å². The van der Waals surface area contributed by atoms with Gasteiger partial charge in [-0.15, -0.1) is 0 Å². The van der Waals surface area contributed by atoms with Crippen LogP contribution in [-0.4, -0.2) is 18.6 Å². The molecular weight excluding hydrogens is 298 g/mol. The fourth-order valence-corrected chi connectivity index (χ4v) is 2.85. The zero-order valence-electron chi connectivity index (χ0n) is 12.5. The van der Waals surface area contributed by atoms with Gasteiger partial charge in [-0.25, -0.2) is 0 Å². The predicted molar refractivity (Wildman–Crippen MR) is 88.7 cm³/mol. The molecule has 22 heavy (non-hydrogen) atoms. The Morgan fingerprint density at radius 3 is 2.68 bits per heavy atom. The van der Waals surface area contributed by atoms with Crippen molar-refractivity contribution in [3.05, 3.63) is 59.1 Å². The van der Waals surface area contributed by atoms with E-state index < -0.39 is 6.10 Å². The van der Waals surface area contributed by atoms with Crippen molar-refractivity contribution in [1.29, 1.82) is 0 Å². The molecule has 0 N–H and O–H groups in total. The van der Waals surface area contributed by atoms with Crippen molar-refractivity contribution in [3.63, 3.8) is 0 Å². The van der Waals surface area contributed by atoms with Gasteiger partial charge in [-0.3, -0.25) is 4.79 Å². The van der Waals surface area contributed by atoms with Crippen molar-refractivity contribution in [2.24, 2.45) is 0 Å². The van der Waals surface area contributed by atoms with Gasteiger partial charge in [0.1, 0.15) is 5.75 Å². The lowest BCUT2D eigenvalue weighted by atomic mass is 10.2. The molecule has 1 atom stereocenters. The molecule has 114 valence electrons. The Balaban J connectivity index is 1.76. The van der Waals surface area contributed by atoms with Crippen LogP contribution >= 0.6 is 11.6 Å². The van der Waals surface area contributed by atoms with Crippen LogP contribution in [-0.2, 0) is 11.2 Å². The molecule has 0 saturated heterocycles. The minimum Gasteiger partial charge on any atom is -0.481 e. The van der Waals surface area contributed by atoms with Gasteiger partial charge in [-0.2, -0.15) is 0 Å². The molecule has 0 unspecified atom stereocenters. The van der Waals surface area contributed by atoms with Crippen molar-refractivity contribution < 1.29 is 9.53 Å². The summed E-state index contributed by atoms with van der Waals surface area (Å²) in [6.07, 6.45) is 1.05. The molecule has 0 radical (unpaired) electrons. The second-order valence-corrected chi connectivity index (χ2v) is 5.77. The number of carbonyl (C=O) groups is 1. The number of fused-ring (bicyclic) bond motifs is 1. The Morgan fingerprint density at radius 1 is 1.23 bits per heavy atom. The molecule has 3 rings (SSSR count). The maximum Gasteiger partial charge on any atom is 0.268 e. The Hall–Kier alpha value is -2.00. The molecule has 1 amide bonds. The van der Waals surface area contributed by atoms with E-state index in [0.717, 1.165) is 18.7 Å². The molecule has 0 aromatic heterocycles.